The van der Waals surface area contributed by atoms with Gasteiger partial charge in [-0.3, -0.25) is 0 Å². The third-order valence-corrected chi connectivity index (χ3v) is 2.76. The van der Waals surface area contributed by atoms with Crippen LogP contribution in [-0.2, 0) is 6.54 Å². The van der Waals surface area contributed by atoms with Crippen LogP contribution in [0.15, 0.2) is 24.9 Å². The predicted molar refractivity (Wildman–Crippen MR) is 64.8 cm³/mol. The van der Waals surface area contributed by atoms with E-state index in [4.69, 9.17) is 16.3 Å². The largest absolute Gasteiger partial charge is 0.473 e. The van der Waals surface area contributed by atoms with E-state index in [-0.39, 0.29) is 0 Å². The summed E-state index contributed by atoms with van der Waals surface area (Å²) < 4.78 is 5.36. The number of pyridine rings is 1. The standard InChI is InChI=1S/C12H15ClN2O/c1-2-5-16-12-6-9(11(13)8-15-12)7-14-10-3-4-10/h2,6,8,10,14H,1,3-5,7H2. The highest BCUT2D eigenvalue weighted by Crippen LogP contribution is 2.23. The van der Waals surface area contributed by atoms with Gasteiger partial charge in [0, 0.05) is 24.8 Å². The Hall–Kier alpha value is -1.06. The van der Waals surface area contributed by atoms with E-state index in [1.54, 1.807) is 12.3 Å². The molecule has 0 aliphatic heterocycles. The molecule has 86 valence electrons. The molecule has 0 bridgehead atoms. The smallest absolute Gasteiger partial charge is 0.213 e. The molecule has 0 saturated heterocycles. The number of rotatable bonds is 6. The summed E-state index contributed by atoms with van der Waals surface area (Å²) in [6.45, 7) is 4.83. The van der Waals surface area contributed by atoms with Crippen molar-refractivity contribution in [2.45, 2.75) is 25.4 Å². The molecule has 1 saturated carbocycles. The molecule has 1 aromatic heterocycles. The van der Waals surface area contributed by atoms with Crippen molar-refractivity contribution in [3.63, 3.8) is 0 Å². The summed E-state index contributed by atoms with van der Waals surface area (Å²) in [7, 11) is 0. The van der Waals surface area contributed by atoms with E-state index in [0.29, 0.717) is 23.6 Å². The molecule has 0 amide bonds. The zero-order valence-corrected chi connectivity index (χ0v) is 9.83. The average molecular weight is 239 g/mol. The van der Waals surface area contributed by atoms with Gasteiger partial charge in [-0.05, 0) is 18.4 Å². The van der Waals surface area contributed by atoms with Gasteiger partial charge in [0.1, 0.15) is 6.61 Å². The van der Waals surface area contributed by atoms with Crippen LogP contribution in [-0.4, -0.2) is 17.6 Å². The monoisotopic (exact) mass is 238 g/mol. The van der Waals surface area contributed by atoms with Crippen LogP contribution in [0.5, 0.6) is 5.88 Å². The van der Waals surface area contributed by atoms with Gasteiger partial charge in [-0.15, -0.1) is 0 Å². The first-order valence-corrected chi connectivity index (χ1v) is 5.79. The fourth-order valence-electron chi connectivity index (χ4n) is 1.36. The molecule has 4 heteroatoms. The summed E-state index contributed by atoms with van der Waals surface area (Å²) in [6, 6.07) is 2.54. The number of aromatic nitrogens is 1. The van der Waals surface area contributed by atoms with Gasteiger partial charge in [-0.25, -0.2) is 4.98 Å². The van der Waals surface area contributed by atoms with E-state index in [0.717, 1.165) is 12.1 Å². The van der Waals surface area contributed by atoms with E-state index >= 15 is 0 Å². The number of hydrogen-bond acceptors (Lipinski definition) is 3. The molecule has 1 aliphatic carbocycles. The Morgan fingerprint density at radius 3 is 3.12 bits per heavy atom. The second-order valence-corrected chi connectivity index (χ2v) is 4.28. The Balaban J connectivity index is 1.99. The first-order valence-electron chi connectivity index (χ1n) is 5.41. The van der Waals surface area contributed by atoms with Crippen molar-refractivity contribution in [1.29, 1.82) is 0 Å². The van der Waals surface area contributed by atoms with Crippen LogP contribution in [0.4, 0.5) is 0 Å². The molecule has 1 heterocycles. The number of nitrogens with zero attached hydrogens (tertiary/aromatic N) is 1. The Morgan fingerprint density at radius 2 is 2.44 bits per heavy atom. The van der Waals surface area contributed by atoms with Gasteiger partial charge in [-0.1, -0.05) is 24.3 Å². The predicted octanol–water partition coefficient (Wildman–Crippen LogP) is 2.55. The van der Waals surface area contributed by atoms with E-state index in [2.05, 4.69) is 16.9 Å². The van der Waals surface area contributed by atoms with Gasteiger partial charge < -0.3 is 10.1 Å². The maximum absolute atomic E-state index is 6.06. The average Bonchev–Trinajstić information content (AvgIpc) is 3.10. The zero-order chi connectivity index (χ0) is 11.4. The van der Waals surface area contributed by atoms with Crippen LogP contribution in [0.3, 0.4) is 0 Å². The molecule has 1 N–H and O–H groups in total. The van der Waals surface area contributed by atoms with Crippen molar-refractivity contribution < 1.29 is 4.74 Å². The Labute approximate surface area is 100 Å². The highest BCUT2D eigenvalue weighted by molar-refractivity contribution is 6.31. The van der Waals surface area contributed by atoms with Crippen LogP contribution in [0.1, 0.15) is 18.4 Å². The van der Waals surface area contributed by atoms with Gasteiger partial charge in [0.25, 0.3) is 0 Å². The molecule has 0 unspecified atom stereocenters. The molecular formula is C12H15ClN2O. The van der Waals surface area contributed by atoms with Gasteiger partial charge in [0.2, 0.25) is 5.88 Å². The Bertz CT molecular complexity index is 377. The quantitative estimate of drug-likeness (QED) is 0.774. The van der Waals surface area contributed by atoms with E-state index in [1.807, 2.05) is 6.07 Å². The van der Waals surface area contributed by atoms with E-state index < -0.39 is 0 Å². The molecule has 0 radical (unpaired) electrons. The van der Waals surface area contributed by atoms with Gasteiger partial charge >= 0.3 is 0 Å². The molecule has 0 aromatic carbocycles. The lowest BCUT2D eigenvalue weighted by atomic mass is 10.2. The van der Waals surface area contributed by atoms with Crippen LogP contribution in [0.2, 0.25) is 5.02 Å². The summed E-state index contributed by atoms with van der Waals surface area (Å²) in [5.74, 6) is 0.594. The van der Waals surface area contributed by atoms with Crippen molar-refractivity contribution in [3.05, 3.63) is 35.5 Å². The molecule has 1 fully saturated rings. The van der Waals surface area contributed by atoms with Crippen molar-refractivity contribution in [3.8, 4) is 5.88 Å². The zero-order valence-electron chi connectivity index (χ0n) is 9.08. The molecule has 1 aliphatic rings. The molecule has 16 heavy (non-hydrogen) atoms. The lowest BCUT2D eigenvalue weighted by molar-refractivity contribution is 0.348. The number of ether oxygens (including phenoxy) is 1. The minimum absolute atomic E-state index is 0.462. The van der Waals surface area contributed by atoms with Crippen LogP contribution < -0.4 is 10.1 Å². The lowest BCUT2D eigenvalue weighted by Gasteiger charge is -2.08. The Morgan fingerprint density at radius 1 is 1.62 bits per heavy atom. The van der Waals surface area contributed by atoms with Gasteiger partial charge in [0.15, 0.2) is 0 Å². The maximum atomic E-state index is 6.06. The van der Waals surface area contributed by atoms with Crippen LogP contribution in [0, 0.1) is 0 Å². The van der Waals surface area contributed by atoms with Crippen molar-refractivity contribution >= 4 is 11.6 Å². The lowest BCUT2D eigenvalue weighted by Crippen LogP contribution is -2.15. The SMILES string of the molecule is C=CCOc1cc(CNC2CC2)c(Cl)cn1. The molecule has 0 spiro atoms. The van der Waals surface area contributed by atoms with E-state index in [1.165, 1.54) is 12.8 Å². The van der Waals surface area contributed by atoms with Gasteiger partial charge in [0.05, 0.1) is 5.02 Å². The van der Waals surface area contributed by atoms with Crippen molar-refractivity contribution in [2.75, 3.05) is 6.61 Å². The first kappa shape index (κ1) is 11.4. The Kier molecular flexibility index (Phi) is 3.80. The second kappa shape index (κ2) is 5.32. The highest BCUT2D eigenvalue weighted by Gasteiger charge is 2.20. The van der Waals surface area contributed by atoms with E-state index in [9.17, 15) is 0 Å². The summed E-state index contributed by atoms with van der Waals surface area (Å²) in [6.07, 6.45) is 5.85. The summed E-state index contributed by atoms with van der Waals surface area (Å²) >= 11 is 6.06. The first-order chi connectivity index (χ1) is 7.79. The molecular weight excluding hydrogens is 224 g/mol. The molecule has 2 rings (SSSR count). The molecule has 0 atom stereocenters. The molecule has 3 nitrogen and oxygen atoms in total. The summed E-state index contributed by atoms with van der Waals surface area (Å²) in [4.78, 5) is 4.09. The number of hydrogen-bond donors (Lipinski definition) is 1. The van der Waals surface area contributed by atoms with Crippen molar-refractivity contribution in [2.24, 2.45) is 0 Å². The third kappa shape index (κ3) is 3.22. The van der Waals surface area contributed by atoms with Crippen LogP contribution in [0.25, 0.3) is 0 Å². The minimum Gasteiger partial charge on any atom is -0.473 e. The third-order valence-electron chi connectivity index (χ3n) is 2.42. The topological polar surface area (TPSA) is 34.1 Å². The highest BCUT2D eigenvalue weighted by atomic mass is 35.5. The van der Waals surface area contributed by atoms with Crippen LogP contribution >= 0.6 is 11.6 Å². The summed E-state index contributed by atoms with van der Waals surface area (Å²) in [5, 5.41) is 4.09. The number of nitrogens with one attached hydrogen (secondary N) is 1. The normalized spacial score (nSPS) is 14.8. The minimum atomic E-state index is 0.462. The fourth-order valence-corrected chi connectivity index (χ4v) is 1.53. The maximum Gasteiger partial charge on any atom is 0.213 e. The van der Waals surface area contributed by atoms with Gasteiger partial charge in [-0.2, -0.15) is 0 Å². The summed E-state index contributed by atoms with van der Waals surface area (Å²) in [5.41, 5.74) is 1.03. The number of halogens is 1. The molecule has 1 aromatic rings. The van der Waals surface area contributed by atoms with Crippen molar-refractivity contribution in [1.82, 2.24) is 10.3 Å². The fraction of sp³-hybridized carbons (Fsp3) is 0.417. The second-order valence-electron chi connectivity index (χ2n) is 3.87.